The SMILES string of the molecule is C#CCCC1(CC(=O)N[C@H](C(=O)N[C@H](CCC(=O)OCC)C(=O)OCC)C(C)C)N=N1. The molecular weight excluding hydrogens is 404 g/mol. The molecule has 172 valence electrons. The molecule has 1 heterocycles. The van der Waals surface area contributed by atoms with Gasteiger partial charge in [0.05, 0.1) is 19.6 Å². The minimum absolute atomic E-state index is 0.00462. The van der Waals surface area contributed by atoms with Crippen molar-refractivity contribution in [2.24, 2.45) is 16.1 Å². The predicted octanol–water partition coefficient (Wildman–Crippen LogP) is 1.48. The Morgan fingerprint density at radius 3 is 2.23 bits per heavy atom. The third-order valence-corrected chi connectivity index (χ3v) is 4.59. The van der Waals surface area contributed by atoms with Gasteiger partial charge in [0.15, 0.2) is 0 Å². The summed E-state index contributed by atoms with van der Waals surface area (Å²) in [6.07, 6.45) is 6.12. The van der Waals surface area contributed by atoms with Crippen molar-refractivity contribution in [3.05, 3.63) is 0 Å². The molecule has 0 saturated carbocycles. The van der Waals surface area contributed by atoms with Crippen LogP contribution >= 0.6 is 0 Å². The van der Waals surface area contributed by atoms with Crippen molar-refractivity contribution in [3.63, 3.8) is 0 Å². The summed E-state index contributed by atoms with van der Waals surface area (Å²) >= 11 is 0. The molecule has 1 aliphatic heterocycles. The van der Waals surface area contributed by atoms with Crippen LogP contribution in [0.5, 0.6) is 0 Å². The van der Waals surface area contributed by atoms with E-state index in [9.17, 15) is 19.2 Å². The third-order valence-electron chi connectivity index (χ3n) is 4.59. The lowest BCUT2D eigenvalue weighted by atomic mass is 10.00. The molecule has 0 aromatic heterocycles. The highest BCUT2D eigenvalue weighted by atomic mass is 16.5. The molecule has 2 atom stereocenters. The summed E-state index contributed by atoms with van der Waals surface area (Å²) in [7, 11) is 0. The maximum Gasteiger partial charge on any atom is 0.328 e. The van der Waals surface area contributed by atoms with Crippen molar-refractivity contribution < 1.29 is 28.7 Å². The normalized spacial score (nSPS) is 15.4. The predicted molar refractivity (Wildman–Crippen MR) is 111 cm³/mol. The van der Waals surface area contributed by atoms with Gasteiger partial charge in [-0.25, -0.2) is 4.79 Å². The fraction of sp³-hybridized carbons (Fsp3) is 0.714. The maximum absolute atomic E-state index is 12.8. The summed E-state index contributed by atoms with van der Waals surface area (Å²) in [6, 6.07) is -1.93. The lowest BCUT2D eigenvalue weighted by Gasteiger charge is -2.25. The summed E-state index contributed by atoms with van der Waals surface area (Å²) in [4.78, 5) is 49.2. The fourth-order valence-corrected chi connectivity index (χ4v) is 2.87. The first-order valence-electron chi connectivity index (χ1n) is 10.5. The Balaban J connectivity index is 2.74. The van der Waals surface area contributed by atoms with Gasteiger partial charge >= 0.3 is 11.9 Å². The standard InChI is InChI=1S/C21H32N4O6/c1-6-9-12-21(24-25-21)13-16(26)23-18(14(4)5)19(28)22-15(20(29)31-8-3)10-11-17(27)30-7-2/h1,14-15,18H,7-13H2,2-5H3,(H,22,28)(H,23,26)/t15-,18+/m1/s1. The minimum Gasteiger partial charge on any atom is -0.466 e. The van der Waals surface area contributed by atoms with Gasteiger partial charge in [-0.1, -0.05) is 13.8 Å². The third kappa shape index (κ3) is 9.15. The number of rotatable bonds is 14. The van der Waals surface area contributed by atoms with E-state index in [4.69, 9.17) is 15.9 Å². The van der Waals surface area contributed by atoms with Gasteiger partial charge in [-0.3, -0.25) is 14.4 Å². The Morgan fingerprint density at radius 1 is 1.06 bits per heavy atom. The average Bonchev–Trinajstić information content (AvgIpc) is 3.47. The van der Waals surface area contributed by atoms with Crippen molar-refractivity contribution >= 4 is 23.8 Å². The van der Waals surface area contributed by atoms with E-state index in [0.717, 1.165) is 0 Å². The largest absolute Gasteiger partial charge is 0.466 e. The molecule has 31 heavy (non-hydrogen) atoms. The lowest BCUT2D eigenvalue weighted by molar-refractivity contribution is -0.149. The van der Waals surface area contributed by atoms with Gasteiger partial charge < -0.3 is 20.1 Å². The van der Waals surface area contributed by atoms with E-state index in [1.165, 1.54) is 0 Å². The van der Waals surface area contributed by atoms with E-state index < -0.39 is 41.5 Å². The smallest absolute Gasteiger partial charge is 0.328 e. The average molecular weight is 437 g/mol. The molecule has 10 nitrogen and oxygen atoms in total. The first-order chi connectivity index (χ1) is 14.7. The molecule has 0 radical (unpaired) electrons. The molecule has 2 amide bonds. The zero-order valence-corrected chi connectivity index (χ0v) is 18.6. The Hall–Kier alpha value is -2.96. The number of nitrogens with zero attached hydrogens (tertiary/aromatic N) is 2. The van der Waals surface area contributed by atoms with Gasteiger partial charge in [-0.2, -0.15) is 10.2 Å². The lowest BCUT2D eigenvalue weighted by Crippen LogP contribution is -2.54. The van der Waals surface area contributed by atoms with Crippen molar-refractivity contribution in [1.82, 2.24) is 10.6 Å². The number of esters is 2. The van der Waals surface area contributed by atoms with Crippen LogP contribution in [-0.4, -0.2) is 54.7 Å². The van der Waals surface area contributed by atoms with Crippen LogP contribution in [0.3, 0.4) is 0 Å². The summed E-state index contributed by atoms with van der Waals surface area (Å²) in [5.41, 5.74) is -0.804. The van der Waals surface area contributed by atoms with Crippen molar-refractivity contribution in [2.45, 2.75) is 77.5 Å². The topological polar surface area (TPSA) is 136 Å². The van der Waals surface area contributed by atoms with E-state index in [1.807, 2.05) is 0 Å². The Bertz CT molecular complexity index is 722. The minimum atomic E-state index is -1.04. The number of ether oxygens (including phenoxy) is 2. The van der Waals surface area contributed by atoms with Crippen LogP contribution in [0, 0.1) is 18.3 Å². The molecule has 0 saturated heterocycles. The van der Waals surface area contributed by atoms with E-state index in [0.29, 0.717) is 12.8 Å². The second kappa shape index (κ2) is 12.7. The Labute approximate surface area is 182 Å². The first-order valence-corrected chi connectivity index (χ1v) is 10.5. The van der Waals surface area contributed by atoms with E-state index in [-0.39, 0.29) is 38.4 Å². The molecule has 10 heteroatoms. The quantitative estimate of drug-likeness (QED) is 0.313. The molecule has 1 rings (SSSR count). The number of carbonyl (C=O) groups is 4. The monoisotopic (exact) mass is 436 g/mol. The molecule has 0 aliphatic carbocycles. The van der Waals surface area contributed by atoms with Crippen molar-refractivity contribution in [3.8, 4) is 12.3 Å². The zero-order valence-electron chi connectivity index (χ0n) is 18.6. The van der Waals surface area contributed by atoms with Crippen LogP contribution in [0.4, 0.5) is 0 Å². The number of hydrogen-bond acceptors (Lipinski definition) is 8. The van der Waals surface area contributed by atoms with E-state index in [1.54, 1.807) is 27.7 Å². The van der Waals surface area contributed by atoms with Crippen molar-refractivity contribution in [1.29, 1.82) is 0 Å². The summed E-state index contributed by atoms with van der Waals surface area (Å²) in [6.45, 7) is 7.20. The highest BCUT2D eigenvalue weighted by molar-refractivity contribution is 5.91. The molecule has 1 aliphatic rings. The van der Waals surface area contributed by atoms with Crippen LogP contribution in [0.1, 0.15) is 59.8 Å². The maximum atomic E-state index is 12.8. The first kappa shape index (κ1) is 26.1. The highest BCUT2D eigenvalue weighted by Gasteiger charge is 2.42. The van der Waals surface area contributed by atoms with Gasteiger partial charge in [0.2, 0.25) is 17.5 Å². The molecular formula is C21H32N4O6. The van der Waals surface area contributed by atoms with Gasteiger partial charge in [0.1, 0.15) is 12.1 Å². The van der Waals surface area contributed by atoms with Crippen LogP contribution in [0.2, 0.25) is 0 Å². The number of carbonyl (C=O) groups excluding carboxylic acids is 4. The number of nitrogens with one attached hydrogen (secondary N) is 2. The van der Waals surface area contributed by atoms with Gasteiger partial charge in [-0.15, -0.1) is 12.3 Å². The molecule has 0 fully saturated rings. The molecule has 0 unspecified atom stereocenters. The Morgan fingerprint density at radius 2 is 1.71 bits per heavy atom. The molecule has 0 aromatic carbocycles. The van der Waals surface area contributed by atoms with Crippen LogP contribution in [0.15, 0.2) is 10.2 Å². The molecule has 0 aromatic rings. The van der Waals surface area contributed by atoms with Gasteiger partial charge in [-0.05, 0) is 26.2 Å². The fourth-order valence-electron chi connectivity index (χ4n) is 2.87. The highest BCUT2D eigenvalue weighted by Crippen LogP contribution is 2.36. The second-order valence-corrected chi connectivity index (χ2v) is 7.51. The van der Waals surface area contributed by atoms with Crippen molar-refractivity contribution in [2.75, 3.05) is 13.2 Å². The van der Waals surface area contributed by atoms with E-state index in [2.05, 4.69) is 26.8 Å². The molecule has 2 N–H and O–H groups in total. The second-order valence-electron chi connectivity index (χ2n) is 7.51. The van der Waals surface area contributed by atoms with Crippen LogP contribution in [0.25, 0.3) is 0 Å². The zero-order chi connectivity index (χ0) is 23.4. The molecule has 0 spiro atoms. The summed E-state index contributed by atoms with van der Waals surface area (Å²) in [5, 5.41) is 13.1. The molecule has 0 bridgehead atoms. The summed E-state index contributed by atoms with van der Waals surface area (Å²) < 4.78 is 9.86. The summed E-state index contributed by atoms with van der Waals surface area (Å²) in [5.74, 6) is 0.160. The number of terminal acetylenes is 1. The van der Waals surface area contributed by atoms with Crippen LogP contribution < -0.4 is 10.6 Å². The van der Waals surface area contributed by atoms with E-state index >= 15 is 0 Å². The number of amides is 2. The number of hydrogen-bond donors (Lipinski definition) is 2. The van der Waals surface area contributed by atoms with Crippen LogP contribution in [-0.2, 0) is 28.7 Å². The van der Waals surface area contributed by atoms with Gasteiger partial charge in [0.25, 0.3) is 0 Å². The van der Waals surface area contributed by atoms with Gasteiger partial charge in [0, 0.05) is 19.3 Å². The Kier molecular flexibility index (Phi) is 10.7.